The summed E-state index contributed by atoms with van der Waals surface area (Å²) in [5.74, 6) is -0.851. The average molecular weight is 295 g/mol. The van der Waals surface area contributed by atoms with Gasteiger partial charge in [-0.05, 0) is 6.42 Å². The molecule has 0 aromatic heterocycles. The monoisotopic (exact) mass is 295 g/mol. The third-order valence-corrected chi connectivity index (χ3v) is 3.64. The number of carbonyl (C=O) groups excluding carboxylic acids is 2. The van der Waals surface area contributed by atoms with Crippen LogP contribution in [-0.2, 0) is 24.2 Å². The Labute approximate surface area is 108 Å². The molecule has 2 rings (SSSR count). The number of nitrogens with zero attached hydrogens (tertiary/aromatic N) is 2. The van der Waals surface area contributed by atoms with Gasteiger partial charge in [0.15, 0.2) is 0 Å². The van der Waals surface area contributed by atoms with Crippen molar-refractivity contribution >= 4 is 22.3 Å². The van der Waals surface area contributed by atoms with Gasteiger partial charge in [0.2, 0.25) is 5.72 Å². The van der Waals surface area contributed by atoms with Gasteiger partial charge in [0, 0.05) is 20.1 Å². The molecule has 10 nitrogen and oxygen atoms in total. The second-order valence-electron chi connectivity index (χ2n) is 4.27. The molecule has 2 aliphatic heterocycles. The van der Waals surface area contributed by atoms with Crippen molar-refractivity contribution in [1.82, 2.24) is 9.96 Å². The number of nitrogens with two attached hydrogens (primary N) is 1. The van der Waals surface area contributed by atoms with E-state index >= 15 is 0 Å². The standard InChI is InChI=1S/C8H13N3O7S/c1-17-8(6(9)12)3-2-5-4-10(8)7(13)11(5)18-19(14,15)16/h5H,2-4H2,1H3,(H2,9,12)(H,14,15,16). The first-order valence-corrected chi connectivity index (χ1v) is 6.70. The van der Waals surface area contributed by atoms with Crippen LogP contribution in [0.25, 0.3) is 0 Å². The smallest absolute Gasteiger partial charge is 0.365 e. The maximum atomic E-state index is 12.0. The molecule has 3 N–H and O–H groups in total. The maximum Gasteiger partial charge on any atom is 0.418 e. The summed E-state index contributed by atoms with van der Waals surface area (Å²) < 4.78 is 39.3. The number of hydrogen-bond donors (Lipinski definition) is 2. The van der Waals surface area contributed by atoms with E-state index in [1.54, 1.807) is 0 Å². The van der Waals surface area contributed by atoms with E-state index in [0.29, 0.717) is 5.06 Å². The summed E-state index contributed by atoms with van der Waals surface area (Å²) in [5, 5.41) is 0.513. The van der Waals surface area contributed by atoms with Crippen LogP contribution in [0.1, 0.15) is 12.8 Å². The van der Waals surface area contributed by atoms with Crippen LogP contribution in [0.5, 0.6) is 0 Å². The Hall–Kier alpha value is -1.43. The Morgan fingerprint density at radius 1 is 1.58 bits per heavy atom. The van der Waals surface area contributed by atoms with Crippen LogP contribution in [0.15, 0.2) is 0 Å². The molecule has 2 heterocycles. The van der Waals surface area contributed by atoms with E-state index in [1.807, 2.05) is 0 Å². The molecule has 2 saturated heterocycles. The number of ether oxygens (including phenoxy) is 1. The van der Waals surface area contributed by atoms with Crippen molar-refractivity contribution < 1.29 is 31.6 Å². The molecular weight excluding hydrogens is 282 g/mol. The SMILES string of the molecule is COC1(C(N)=O)CCC2CN1C(=O)N2OS(=O)(=O)O. The van der Waals surface area contributed by atoms with Gasteiger partial charge in [0.05, 0.1) is 6.04 Å². The predicted octanol–water partition coefficient (Wildman–Crippen LogP) is -1.55. The largest absolute Gasteiger partial charge is 0.418 e. The van der Waals surface area contributed by atoms with Gasteiger partial charge in [-0.1, -0.05) is 0 Å². The highest BCUT2D eigenvalue weighted by atomic mass is 32.3. The molecule has 0 spiro atoms. The molecule has 2 fully saturated rings. The van der Waals surface area contributed by atoms with Gasteiger partial charge in [-0.25, -0.2) is 4.79 Å². The molecular formula is C8H13N3O7S. The summed E-state index contributed by atoms with van der Waals surface area (Å²) in [6, 6.07) is -1.50. The minimum absolute atomic E-state index is 0.0190. The van der Waals surface area contributed by atoms with Crippen molar-refractivity contribution in [2.24, 2.45) is 5.73 Å². The number of carbonyl (C=O) groups is 2. The molecule has 2 aliphatic rings. The van der Waals surface area contributed by atoms with E-state index < -0.39 is 34.1 Å². The fraction of sp³-hybridized carbons (Fsp3) is 0.750. The van der Waals surface area contributed by atoms with Crippen LogP contribution in [0.2, 0.25) is 0 Å². The molecule has 0 radical (unpaired) electrons. The molecule has 0 saturated carbocycles. The van der Waals surface area contributed by atoms with Gasteiger partial charge >= 0.3 is 16.4 Å². The van der Waals surface area contributed by atoms with Crippen LogP contribution >= 0.6 is 0 Å². The summed E-state index contributed by atoms with van der Waals surface area (Å²) in [6.07, 6.45) is 0.356. The van der Waals surface area contributed by atoms with E-state index in [4.69, 9.17) is 15.0 Å². The molecule has 0 aliphatic carbocycles. The number of fused-ring (bicyclic) bond motifs is 2. The lowest BCUT2D eigenvalue weighted by Gasteiger charge is -2.39. The van der Waals surface area contributed by atoms with Gasteiger partial charge in [-0.3, -0.25) is 14.2 Å². The molecule has 19 heavy (non-hydrogen) atoms. The Kier molecular flexibility index (Phi) is 3.16. The highest BCUT2D eigenvalue weighted by Crippen LogP contribution is 2.37. The first-order chi connectivity index (χ1) is 8.71. The summed E-state index contributed by atoms with van der Waals surface area (Å²) in [7, 11) is -3.60. The number of amides is 3. The van der Waals surface area contributed by atoms with Gasteiger partial charge in [-0.2, -0.15) is 13.5 Å². The number of primary amides is 1. The van der Waals surface area contributed by atoms with Crippen molar-refractivity contribution in [2.75, 3.05) is 13.7 Å². The van der Waals surface area contributed by atoms with Crippen molar-refractivity contribution in [1.29, 1.82) is 0 Å². The first-order valence-electron chi connectivity index (χ1n) is 5.34. The fourth-order valence-corrected chi connectivity index (χ4v) is 2.80. The summed E-state index contributed by atoms with van der Waals surface area (Å²) in [4.78, 5) is 24.5. The first kappa shape index (κ1) is 14.0. The van der Waals surface area contributed by atoms with Gasteiger partial charge in [0.1, 0.15) is 0 Å². The van der Waals surface area contributed by atoms with E-state index in [1.165, 1.54) is 7.11 Å². The number of urea groups is 1. The number of methoxy groups -OCH3 is 1. The zero-order chi connectivity index (χ0) is 14.4. The maximum absolute atomic E-state index is 12.0. The second-order valence-corrected chi connectivity index (χ2v) is 5.27. The minimum Gasteiger partial charge on any atom is -0.365 e. The van der Waals surface area contributed by atoms with E-state index in [0.717, 1.165) is 4.90 Å². The normalized spacial score (nSPS) is 30.8. The van der Waals surface area contributed by atoms with Crippen molar-refractivity contribution in [3.8, 4) is 0 Å². The quantitative estimate of drug-likeness (QED) is 0.598. The predicted molar refractivity (Wildman–Crippen MR) is 58.5 cm³/mol. The molecule has 2 atom stereocenters. The summed E-state index contributed by atoms with van der Waals surface area (Å²) in [5.41, 5.74) is 3.63. The van der Waals surface area contributed by atoms with Crippen LogP contribution < -0.4 is 5.73 Å². The Morgan fingerprint density at radius 3 is 2.68 bits per heavy atom. The van der Waals surface area contributed by atoms with Crippen LogP contribution in [0, 0.1) is 0 Å². The van der Waals surface area contributed by atoms with E-state index in [2.05, 4.69) is 4.28 Å². The molecule has 0 aromatic carbocycles. The number of hydrogen-bond acceptors (Lipinski definition) is 6. The third kappa shape index (κ3) is 2.14. The van der Waals surface area contributed by atoms with Crippen molar-refractivity contribution in [2.45, 2.75) is 24.6 Å². The number of rotatable bonds is 4. The van der Waals surface area contributed by atoms with Gasteiger partial charge < -0.3 is 10.5 Å². The van der Waals surface area contributed by atoms with Crippen molar-refractivity contribution in [3.63, 3.8) is 0 Å². The number of hydroxylamine groups is 2. The Morgan fingerprint density at radius 2 is 2.21 bits per heavy atom. The van der Waals surface area contributed by atoms with Crippen LogP contribution in [-0.4, -0.2) is 60.3 Å². The zero-order valence-electron chi connectivity index (χ0n) is 9.98. The molecule has 108 valence electrons. The summed E-state index contributed by atoms with van der Waals surface area (Å²) in [6.45, 7) is 0.0190. The van der Waals surface area contributed by atoms with Crippen LogP contribution in [0.4, 0.5) is 4.79 Å². The van der Waals surface area contributed by atoms with E-state index in [-0.39, 0.29) is 19.4 Å². The molecule has 3 amide bonds. The molecule has 11 heteroatoms. The van der Waals surface area contributed by atoms with Crippen LogP contribution in [0.3, 0.4) is 0 Å². The lowest BCUT2D eigenvalue weighted by atomic mass is 9.96. The van der Waals surface area contributed by atoms with Gasteiger partial charge in [-0.15, -0.1) is 4.28 Å². The number of piperidine rings is 1. The Bertz CT molecular complexity index is 520. The highest BCUT2D eigenvalue weighted by Gasteiger charge is 2.57. The topological polar surface area (TPSA) is 139 Å². The lowest BCUT2D eigenvalue weighted by molar-refractivity contribution is -0.165. The molecule has 2 bridgehead atoms. The second kappa shape index (κ2) is 4.30. The third-order valence-electron chi connectivity index (χ3n) is 3.29. The zero-order valence-corrected chi connectivity index (χ0v) is 10.8. The lowest BCUT2D eigenvalue weighted by Crippen LogP contribution is -2.61. The summed E-state index contributed by atoms with van der Waals surface area (Å²) >= 11 is 0. The van der Waals surface area contributed by atoms with Gasteiger partial charge in [0.25, 0.3) is 5.91 Å². The minimum atomic E-state index is -4.82. The van der Waals surface area contributed by atoms with E-state index in [9.17, 15) is 18.0 Å². The highest BCUT2D eigenvalue weighted by molar-refractivity contribution is 7.80. The fourth-order valence-electron chi connectivity index (χ4n) is 2.41. The Balaban J connectivity index is 2.32. The molecule has 2 unspecified atom stereocenters. The average Bonchev–Trinajstić information content (AvgIpc) is 2.55. The van der Waals surface area contributed by atoms with Crippen molar-refractivity contribution in [3.05, 3.63) is 0 Å². The molecule has 0 aromatic rings.